The lowest BCUT2D eigenvalue weighted by Crippen LogP contribution is -2.59. The summed E-state index contributed by atoms with van der Waals surface area (Å²) in [6.45, 7) is 5.69. The van der Waals surface area contributed by atoms with Crippen molar-refractivity contribution < 1.29 is 24.9 Å². The largest absolute Gasteiger partial charge is 0.466 e. The Balaban J connectivity index is 2.77. The van der Waals surface area contributed by atoms with E-state index in [1.54, 1.807) is 6.92 Å². The lowest BCUT2D eigenvalue weighted by molar-refractivity contribution is -0.201. The average Bonchev–Trinajstić information content (AvgIpc) is 2.13. The number of aliphatic hydroxyl groups excluding tert-OH is 2. The van der Waals surface area contributed by atoms with Gasteiger partial charge in [-0.25, -0.2) is 0 Å². The molecule has 100 valence electrons. The maximum atomic E-state index is 11.4. The first-order valence-corrected chi connectivity index (χ1v) is 5.95. The Bertz CT molecular complexity index is 273. The van der Waals surface area contributed by atoms with Crippen molar-refractivity contribution >= 4 is 5.97 Å². The summed E-state index contributed by atoms with van der Waals surface area (Å²) in [5.41, 5.74) is -2.04. The topological polar surface area (TPSA) is 87.0 Å². The molecule has 0 heterocycles. The molecule has 5 nitrogen and oxygen atoms in total. The minimum Gasteiger partial charge on any atom is -0.466 e. The zero-order valence-electron chi connectivity index (χ0n) is 10.6. The van der Waals surface area contributed by atoms with Crippen molar-refractivity contribution in [2.24, 2.45) is 5.41 Å². The molecule has 0 spiro atoms. The van der Waals surface area contributed by atoms with E-state index in [0.717, 1.165) is 0 Å². The van der Waals surface area contributed by atoms with Crippen molar-refractivity contribution in [1.82, 2.24) is 0 Å². The van der Waals surface area contributed by atoms with Gasteiger partial charge in [0, 0.05) is 0 Å². The highest BCUT2D eigenvalue weighted by molar-refractivity contribution is 5.71. The van der Waals surface area contributed by atoms with Gasteiger partial charge in [0.05, 0.1) is 25.2 Å². The first-order chi connectivity index (χ1) is 7.71. The smallest absolute Gasteiger partial charge is 0.308 e. The van der Waals surface area contributed by atoms with E-state index in [9.17, 15) is 20.1 Å². The Morgan fingerprint density at radius 3 is 2.18 bits per heavy atom. The number of ether oxygens (including phenoxy) is 1. The molecule has 3 N–H and O–H groups in total. The van der Waals surface area contributed by atoms with Gasteiger partial charge in [-0.1, -0.05) is 13.8 Å². The zero-order chi connectivity index (χ0) is 13.3. The molecule has 0 saturated heterocycles. The SMILES string of the molecule is CCOC(=O)CC1(O)[C@H](O)CC(C)(C)C[C@@H]1O. The quantitative estimate of drug-likeness (QED) is 0.620. The highest BCUT2D eigenvalue weighted by atomic mass is 16.5. The van der Waals surface area contributed by atoms with Crippen LogP contribution >= 0.6 is 0 Å². The van der Waals surface area contributed by atoms with Crippen LogP contribution in [0.1, 0.15) is 40.0 Å². The van der Waals surface area contributed by atoms with Gasteiger partial charge in [-0.2, -0.15) is 0 Å². The van der Waals surface area contributed by atoms with Gasteiger partial charge in [0.2, 0.25) is 0 Å². The first kappa shape index (κ1) is 14.4. The molecule has 0 aliphatic heterocycles. The third kappa shape index (κ3) is 3.18. The molecule has 1 aliphatic carbocycles. The molecule has 0 aromatic rings. The number of esters is 1. The summed E-state index contributed by atoms with van der Waals surface area (Å²) < 4.78 is 4.74. The monoisotopic (exact) mass is 246 g/mol. The summed E-state index contributed by atoms with van der Waals surface area (Å²) in [7, 11) is 0. The summed E-state index contributed by atoms with van der Waals surface area (Å²) in [6, 6.07) is 0. The lowest BCUT2D eigenvalue weighted by atomic mass is 9.66. The fourth-order valence-electron chi connectivity index (χ4n) is 2.38. The molecule has 1 fully saturated rings. The van der Waals surface area contributed by atoms with Crippen LogP contribution in [0, 0.1) is 5.41 Å². The fraction of sp³-hybridized carbons (Fsp3) is 0.917. The van der Waals surface area contributed by atoms with Crippen LogP contribution in [0.15, 0.2) is 0 Å². The van der Waals surface area contributed by atoms with Crippen LogP contribution in [0.5, 0.6) is 0 Å². The second kappa shape index (κ2) is 4.92. The van der Waals surface area contributed by atoms with Crippen LogP contribution in [0.25, 0.3) is 0 Å². The van der Waals surface area contributed by atoms with Gasteiger partial charge < -0.3 is 20.1 Å². The first-order valence-electron chi connectivity index (χ1n) is 5.95. The van der Waals surface area contributed by atoms with E-state index in [4.69, 9.17) is 4.74 Å². The number of hydrogen-bond donors (Lipinski definition) is 3. The molecule has 3 atom stereocenters. The fourth-order valence-corrected chi connectivity index (χ4v) is 2.38. The number of rotatable bonds is 3. The van der Waals surface area contributed by atoms with Crippen molar-refractivity contribution in [3.05, 3.63) is 0 Å². The van der Waals surface area contributed by atoms with Gasteiger partial charge in [0.25, 0.3) is 0 Å². The average molecular weight is 246 g/mol. The zero-order valence-corrected chi connectivity index (χ0v) is 10.6. The van der Waals surface area contributed by atoms with E-state index in [2.05, 4.69) is 0 Å². The molecule has 0 radical (unpaired) electrons. The van der Waals surface area contributed by atoms with E-state index in [1.165, 1.54) is 0 Å². The summed E-state index contributed by atoms with van der Waals surface area (Å²) in [5.74, 6) is -0.604. The Labute approximate surface area is 101 Å². The molecule has 0 aromatic heterocycles. The predicted octanol–water partition coefficient (Wildman–Crippen LogP) is 0.212. The van der Waals surface area contributed by atoms with Crippen molar-refractivity contribution in [2.45, 2.75) is 57.8 Å². The maximum Gasteiger partial charge on any atom is 0.308 e. The van der Waals surface area contributed by atoms with Crippen LogP contribution in [-0.4, -0.2) is 45.7 Å². The second-order valence-electron chi connectivity index (χ2n) is 5.58. The van der Waals surface area contributed by atoms with Crippen LogP contribution < -0.4 is 0 Å². The molecular formula is C12H22O5. The van der Waals surface area contributed by atoms with Crippen molar-refractivity contribution in [3.63, 3.8) is 0 Å². The van der Waals surface area contributed by atoms with E-state index in [-0.39, 0.29) is 18.4 Å². The number of aliphatic hydroxyl groups is 3. The molecule has 1 aliphatic rings. The highest BCUT2D eigenvalue weighted by Gasteiger charge is 2.51. The second-order valence-corrected chi connectivity index (χ2v) is 5.58. The summed E-state index contributed by atoms with van der Waals surface area (Å²) in [4.78, 5) is 11.4. The van der Waals surface area contributed by atoms with E-state index in [1.807, 2.05) is 13.8 Å². The molecular weight excluding hydrogens is 224 g/mol. The van der Waals surface area contributed by atoms with Crippen molar-refractivity contribution in [3.8, 4) is 0 Å². The molecule has 0 bridgehead atoms. The standard InChI is InChI=1S/C12H22O5/c1-4-17-10(15)7-12(16)8(13)5-11(2,3)6-9(12)14/h8-9,13-14,16H,4-7H2,1-3H3/t8-,9+,12?. The summed E-state index contributed by atoms with van der Waals surface area (Å²) in [6.07, 6.45) is -1.92. The summed E-state index contributed by atoms with van der Waals surface area (Å²) >= 11 is 0. The Morgan fingerprint density at radius 2 is 1.76 bits per heavy atom. The van der Waals surface area contributed by atoms with Gasteiger partial charge in [-0.3, -0.25) is 4.79 Å². The van der Waals surface area contributed by atoms with Gasteiger partial charge in [-0.15, -0.1) is 0 Å². The third-order valence-corrected chi connectivity index (χ3v) is 3.38. The molecule has 17 heavy (non-hydrogen) atoms. The number of carbonyl (C=O) groups is 1. The molecule has 1 unspecified atom stereocenters. The van der Waals surface area contributed by atoms with Gasteiger partial charge in [0.15, 0.2) is 0 Å². The van der Waals surface area contributed by atoms with Crippen LogP contribution in [-0.2, 0) is 9.53 Å². The predicted molar refractivity (Wildman–Crippen MR) is 61.2 cm³/mol. The van der Waals surface area contributed by atoms with Crippen LogP contribution in [0.3, 0.4) is 0 Å². The minimum atomic E-state index is -1.79. The molecule has 0 aromatic carbocycles. The number of carbonyl (C=O) groups excluding carboxylic acids is 1. The van der Waals surface area contributed by atoms with E-state index in [0.29, 0.717) is 12.8 Å². The van der Waals surface area contributed by atoms with Gasteiger partial charge >= 0.3 is 5.97 Å². The van der Waals surface area contributed by atoms with E-state index < -0.39 is 23.8 Å². The Kier molecular flexibility index (Phi) is 4.17. The molecule has 5 heteroatoms. The Morgan fingerprint density at radius 1 is 1.29 bits per heavy atom. The van der Waals surface area contributed by atoms with Crippen molar-refractivity contribution in [2.75, 3.05) is 6.61 Å². The van der Waals surface area contributed by atoms with Crippen molar-refractivity contribution in [1.29, 1.82) is 0 Å². The summed E-state index contributed by atoms with van der Waals surface area (Å²) in [5, 5.41) is 30.1. The third-order valence-electron chi connectivity index (χ3n) is 3.38. The van der Waals surface area contributed by atoms with Gasteiger partial charge in [0.1, 0.15) is 5.60 Å². The normalized spacial score (nSPS) is 36.6. The van der Waals surface area contributed by atoms with Crippen LogP contribution in [0.2, 0.25) is 0 Å². The van der Waals surface area contributed by atoms with E-state index >= 15 is 0 Å². The number of hydrogen-bond acceptors (Lipinski definition) is 5. The Hall–Kier alpha value is -0.650. The van der Waals surface area contributed by atoms with Crippen LogP contribution in [0.4, 0.5) is 0 Å². The van der Waals surface area contributed by atoms with Gasteiger partial charge in [-0.05, 0) is 25.2 Å². The molecule has 0 amide bonds. The molecule has 1 rings (SSSR count). The maximum absolute atomic E-state index is 11.4. The molecule has 1 saturated carbocycles. The highest BCUT2D eigenvalue weighted by Crippen LogP contribution is 2.42. The minimum absolute atomic E-state index is 0.215. The lowest BCUT2D eigenvalue weighted by Gasteiger charge is -2.46.